The van der Waals surface area contributed by atoms with Crippen LogP contribution in [0.1, 0.15) is 0 Å². The van der Waals surface area contributed by atoms with Crippen LogP contribution in [0.2, 0.25) is 0 Å². The molecular weight excluding hydrogens is 258 g/mol. The molecule has 0 saturated heterocycles. The molecule has 94 valence electrons. The van der Waals surface area contributed by atoms with Gasteiger partial charge in [-0.3, -0.25) is 9.36 Å². The molecule has 10 heteroatoms. The van der Waals surface area contributed by atoms with Gasteiger partial charge in [-0.25, -0.2) is 4.79 Å². The molecule has 0 saturated carbocycles. The molecule has 0 aromatic rings. The first kappa shape index (κ1) is 15.3. The van der Waals surface area contributed by atoms with E-state index in [0.717, 1.165) is 4.90 Å². The highest BCUT2D eigenvalue weighted by Crippen LogP contribution is 2.35. The van der Waals surface area contributed by atoms with E-state index in [1.807, 2.05) is 0 Å². The van der Waals surface area contributed by atoms with Crippen molar-refractivity contribution in [2.45, 2.75) is 0 Å². The predicted molar refractivity (Wildman–Crippen MR) is 59.0 cm³/mol. The van der Waals surface area contributed by atoms with Gasteiger partial charge < -0.3 is 24.7 Å². The van der Waals surface area contributed by atoms with Gasteiger partial charge in [0.2, 0.25) is 0 Å². The summed E-state index contributed by atoms with van der Waals surface area (Å²) in [5.74, 6) is -1.33. The summed E-state index contributed by atoms with van der Waals surface area (Å²) in [6.07, 6.45) is -0.677. The summed E-state index contributed by atoms with van der Waals surface area (Å²) in [6, 6.07) is -0.749. The Kier molecular flexibility index (Phi) is 5.89. The molecule has 2 amide bonds. The highest BCUT2D eigenvalue weighted by molar-refractivity contribution is 7.51. The molecule has 0 aliphatic heterocycles. The molecule has 0 heterocycles. The Morgan fingerprint density at radius 1 is 1.38 bits per heavy atom. The number of aliphatic carboxylic acids is 1. The molecule has 0 fully saturated rings. The molecule has 0 aliphatic rings. The fraction of sp³-hybridized carbons (Fsp3) is 0.667. The Morgan fingerprint density at radius 2 is 1.88 bits per heavy atom. The van der Waals surface area contributed by atoms with Crippen LogP contribution in [0.5, 0.6) is 0 Å². The molecule has 1 unspecified atom stereocenters. The van der Waals surface area contributed by atoms with Crippen molar-refractivity contribution in [2.24, 2.45) is 0 Å². The predicted octanol–water partition coefficient (Wildman–Crippen LogP) is -0.607. The summed E-state index contributed by atoms with van der Waals surface area (Å²) in [5.41, 5.74) is 0. The average Bonchev–Trinajstić information content (AvgIpc) is 2.11. The molecule has 0 radical (unpaired) electrons. The molecule has 0 aromatic heterocycles. The van der Waals surface area contributed by atoms with Crippen LogP contribution in [0, 0.1) is 0 Å². The first-order chi connectivity index (χ1) is 7.17. The molecule has 0 rings (SSSR count). The summed E-state index contributed by atoms with van der Waals surface area (Å²) in [6.45, 7) is -0.751. The van der Waals surface area contributed by atoms with E-state index in [2.05, 4.69) is 9.24 Å². The maximum absolute atomic E-state index is 11.5. The third-order valence-corrected chi connectivity index (χ3v) is 2.81. The van der Waals surface area contributed by atoms with E-state index in [-0.39, 0.29) is 6.29 Å². The number of hydrogen-bond acceptors (Lipinski definition) is 3. The highest BCUT2D eigenvalue weighted by atomic mass is 31.2. The Balaban J connectivity index is 4.73. The molecule has 0 bridgehead atoms. The van der Waals surface area contributed by atoms with Crippen LogP contribution in [-0.4, -0.2) is 62.9 Å². The van der Waals surface area contributed by atoms with Crippen LogP contribution in [-0.2, 0) is 9.36 Å². The molecular formula is C6H14N2O6P2. The number of amides is 2. The number of urea groups is 1. The highest BCUT2D eigenvalue weighted by Gasteiger charge is 2.26. The van der Waals surface area contributed by atoms with Crippen molar-refractivity contribution in [3.8, 4) is 0 Å². The Bertz CT molecular complexity index is 316. The average molecular weight is 272 g/mol. The molecule has 3 N–H and O–H groups in total. The topological polar surface area (TPSA) is 118 Å². The van der Waals surface area contributed by atoms with Gasteiger partial charge in [0.15, 0.2) is 0 Å². The number of rotatable bonds is 5. The van der Waals surface area contributed by atoms with Crippen molar-refractivity contribution in [2.75, 3.05) is 26.2 Å². The standard InChI is InChI=1S/C6H14N2O6P2/c1-7(3-15)6(11)8(2-5(9)10)4-16(12,13)14/h2-4,15H2,1H3,(H,9,10)(H2,12,13,14). The Labute approximate surface area is 94.6 Å². The van der Waals surface area contributed by atoms with Crippen molar-refractivity contribution in [1.29, 1.82) is 0 Å². The van der Waals surface area contributed by atoms with Crippen molar-refractivity contribution in [3.63, 3.8) is 0 Å². The lowest BCUT2D eigenvalue weighted by molar-refractivity contribution is -0.137. The quantitative estimate of drug-likeness (QED) is 0.575. The van der Waals surface area contributed by atoms with Crippen molar-refractivity contribution < 1.29 is 29.0 Å². The zero-order valence-corrected chi connectivity index (χ0v) is 10.7. The lowest BCUT2D eigenvalue weighted by atomic mass is 10.6. The van der Waals surface area contributed by atoms with E-state index in [1.165, 1.54) is 7.05 Å². The number of carbonyl (C=O) groups excluding carboxylic acids is 1. The fourth-order valence-electron chi connectivity index (χ4n) is 0.883. The molecule has 0 spiro atoms. The van der Waals surface area contributed by atoms with E-state index in [1.54, 1.807) is 0 Å². The van der Waals surface area contributed by atoms with Crippen LogP contribution < -0.4 is 0 Å². The zero-order valence-electron chi connectivity index (χ0n) is 8.61. The first-order valence-corrected chi connectivity index (χ1v) is 6.75. The van der Waals surface area contributed by atoms with Crippen LogP contribution in [0.25, 0.3) is 0 Å². The normalized spacial score (nSPS) is 11.0. The van der Waals surface area contributed by atoms with Gasteiger partial charge in [-0.1, -0.05) is 0 Å². The minimum absolute atomic E-state index is 0.232. The molecule has 0 aliphatic carbocycles. The summed E-state index contributed by atoms with van der Waals surface area (Å²) in [7, 11) is -0.840. The van der Waals surface area contributed by atoms with Gasteiger partial charge in [0.25, 0.3) is 0 Å². The van der Waals surface area contributed by atoms with Crippen LogP contribution in [0.15, 0.2) is 0 Å². The van der Waals surface area contributed by atoms with Gasteiger partial charge in [0, 0.05) is 13.3 Å². The zero-order chi connectivity index (χ0) is 12.9. The third kappa shape index (κ3) is 6.02. The van der Waals surface area contributed by atoms with Crippen LogP contribution >= 0.6 is 16.8 Å². The van der Waals surface area contributed by atoms with Crippen LogP contribution in [0.4, 0.5) is 4.79 Å². The van der Waals surface area contributed by atoms with Gasteiger partial charge in [-0.05, 0) is 0 Å². The summed E-state index contributed by atoms with van der Waals surface area (Å²) in [5, 5.41) is 8.51. The second kappa shape index (κ2) is 6.15. The smallest absolute Gasteiger partial charge is 0.344 e. The van der Waals surface area contributed by atoms with Gasteiger partial charge in [-0.2, -0.15) is 0 Å². The summed E-state index contributed by atoms with van der Waals surface area (Å²) < 4.78 is 10.7. The van der Waals surface area contributed by atoms with Gasteiger partial charge in [0.1, 0.15) is 12.8 Å². The third-order valence-electron chi connectivity index (χ3n) is 1.55. The fourth-order valence-corrected chi connectivity index (χ4v) is 1.71. The minimum Gasteiger partial charge on any atom is -0.480 e. The Hall–Kier alpha value is -0.680. The SMILES string of the molecule is CN(CP)C(=O)N(CC(=O)O)CP(=O)(O)O. The van der Waals surface area contributed by atoms with E-state index >= 15 is 0 Å². The molecule has 1 atom stereocenters. The number of carboxylic acid groups (broad SMARTS) is 1. The van der Waals surface area contributed by atoms with E-state index < -0.39 is 32.4 Å². The maximum Gasteiger partial charge on any atom is 0.344 e. The van der Waals surface area contributed by atoms with Crippen molar-refractivity contribution >= 4 is 28.8 Å². The second-order valence-corrected chi connectivity index (χ2v) is 5.04. The van der Waals surface area contributed by atoms with Gasteiger partial charge in [-0.15, -0.1) is 9.24 Å². The largest absolute Gasteiger partial charge is 0.480 e. The second-order valence-electron chi connectivity index (χ2n) is 3.06. The summed E-state index contributed by atoms with van der Waals surface area (Å²) in [4.78, 5) is 41.1. The van der Waals surface area contributed by atoms with E-state index in [4.69, 9.17) is 14.9 Å². The van der Waals surface area contributed by atoms with Crippen molar-refractivity contribution in [3.05, 3.63) is 0 Å². The first-order valence-electron chi connectivity index (χ1n) is 4.14. The van der Waals surface area contributed by atoms with E-state index in [9.17, 15) is 14.2 Å². The number of carbonyl (C=O) groups is 2. The summed E-state index contributed by atoms with van der Waals surface area (Å²) >= 11 is 0. The Morgan fingerprint density at radius 3 is 2.19 bits per heavy atom. The van der Waals surface area contributed by atoms with Crippen molar-refractivity contribution in [1.82, 2.24) is 9.80 Å². The molecule has 0 aromatic carbocycles. The molecule has 16 heavy (non-hydrogen) atoms. The van der Waals surface area contributed by atoms with E-state index in [0.29, 0.717) is 4.90 Å². The number of nitrogens with zero attached hydrogens (tertiary/aromatic N) is 2. The monoisotopic (exact) mass is 272 g/mol. The molecule has 8 nitrogen and oxygen atoms in total. The minimum atomic E-state index is -4.47. The maximum atomic E-state index is 11.5. The lowest BCUT2D eigenvalue weighted by Crippen LogP contribution is -2.43. The number of hydrogen-bond donors (Lipinski definition) is 3. The van der Waals surface area contributed by atoms with Gasteiger partial charge in [0.05, 0.1) is 0 Å². The van der Waals surface area contributed by atoms with Gasteiger partial charge >= 0.3 is 19.6 Å². The van der Waals surface area contributed by atoms with Crippen LogP contribution in [0.3, 0.4) is 0 Å². The lowest BCUT2D eigenvalue weighted by Gasteiger charge is -2.26. The number of carboxylic acids is 1.